The fourth-order valence-corrected chi connectivity index (χ4v) is 2.25. The van der Waals surface area contributed by atoms with Gasteiger partial charge in [0.1, 0.15) is 11.9 Å². The molecule has 1 fully saturated rings. The zero-order chi connectivity index (χ0) is 14.3. The van der Waals surface area contributed by atoms with Gasteiger partial charge in [-0.05, 0) is 26.8 Å². The highest BCUT2D eigenvalue weighted by atomic mass is 16.6. The van der Waals surface area contributed by atoms with Gasteiger partial charge in [0.05, 0.1) is 15.9 Å². The van der Waals surface area contributed by atoms with Gasteiger partial charge in [-0.3, -0.25) is 25.2 Å². The third-order valence-corrected chi connectivity index (χ3v) is 3.07. The van der Waals surface area contributed by atoms with Crippen molar-refractivity contribution in [2.75, 3.05) is 5.01 Å². The second kappa shape index (κ2) is 4.47. The molecule has 1 aliphatic rings. The lowest BCUT2D eigenvalue weighted by atomic mass is 10.2. The van der Waals surface area contributed by atoms with Gasteiger partial charge in [-0.1, -0.05) is 0 Å². The predicted molar refractivity (Wildman–Crippen MR) is 68.7 cm³/mol. The summed E-state index contributed by atoms with van der Waals surface area (Å²) in [6.45, 7) is 5.88. The Hall–Kier alpha value is -2.22. The molecule has 1 aliphatic heterocycles. The lowest BCUT2D eigenvalue weighted by Crippen LogP contribution is -2.15. The van der Waals surface area contributed by atoms with Crippen molar-refractivity contribution >= 4 is 17.1 Å². The first kappa shape index (κ1) is 13.2. The normalized spacial score (nSPS) is 21.6. The average molecular weight is 266 g/mol. The third-order valence-electron chi connectivity index (χ3n) is 3.07. The Bertz CT molecular complexity index is 545. The number of benzene rings is 1. The van der Waals surface area contributed by atoms with Gasteiger partial charge in [0.25, 0.3) is 5.69 Å². The van der Waals surface area contributed by atoms with Crippen LogP contribution < -0.4 is 5.01 Å². The minimum atomic E-state index is -0.636. The summed E-state index contributed by atoms with van der Waals surface area (Å²) in [5.74, 6) is 0. The van der Waals surface area contributed by atoms with E-state index in [4.69, 9.17) is 0 Å². The van der Waals surface area contributed by atoms with Gasteiger partial charge in [0, 0.05) is 12.1 Å². The third kappa shape index (κ3) is 2.22. The largest absolute Gasteiger partial charge is 0.300 e. The molecule has 8 heteroatoms. The van der Waals surface area contributed by atoms with Gasteiger partial charge in [0.2, 0.25) is 0 Å². The van der Waals surface area contributed by atoms with Crippen LogP contribution in [-0.4, -0.2) is 27.1 Å². The van der Waals surface area contributed by atoms with E-state index in [1.807, 2.05) is 25.8 Å². The highest BCUT2D eigenvalue weighted by Crippen LogP contribution is 2.42. The van der Waals surface area contributed by atoms with Crippen LogP contribution >= 0.6 is 0 Å². The molecule has 2 unspecified atom stereocenters. The smallest absolute Gasteiger partial charge is 0.278 e. The number of hydrazine groups is 1. The maximum atomic E-state index is 11.0. The molecule has 0 bridgehead atoms. The molecule has 1 saturated heterocycles. The summed E-state index contributed by atoms with van der Waals surface area (Å²) in [5.41, 5.74) is -0.137. The van der Waals surface area contributed by atoms with Crippen LogP contribution in [-0.2, 0) is 0 Å². The predicted octanol–water partition coefficient (Wildman–Crippen LogP) is 2.29. The van der Waals surface area contributed by atoms with Gasteiger partial charge < -0.3 is 0 Å². The molecule has 0 spiro atoms. The minimum absolute atomic E-state index is 0.0557. The van der Waals surface area contributed by atoms with Gasteiger partial charge in [-0.2, -0.15) is 5.01 Å². The molecule has 0 radical (unpaired) electrons. The second-order valence-corrected chi connectivity index (χ2v) is 4.64. The molecule has 1 aromatic rings. The number of hydrogen-bond acceptors (Lipinski definition) is 6. The number of non-ortho nitro benzene ring substituents is 1. The zero-order valence-electron chi connectivity index (χ0n) is 10.8. The van der Waals surface area contributed by atoms with Crippen LogP contribution in [0.15, 0.2) is 18.2 Å². The van der Waals surface area contributed by atoms with Crippen LogP contribution in [0.2, 0.25) is 0 Å². The van der Waals surface area contributed by atoms with Gasteiger partial charge >= 0.3 is 5.69 Å². The Kier molecular flexibility index (Phi) is 3.11. The van der Waals surface area contributed by atoms with Crippen molar-refractivity contribution in [3.05, 3.63) is 38.4 Å². The summed E-state index contributed by atoms with van der Waals surface area (Å²) in [6, 6.07) is 3.92. The molecule has 19 heavy (non-hydrogen) atoms. The number of anilines is 1. The number of nitro benzene ring substituents is 2. The van der Waals surface area contributed by atoms with E-state index in [-0.39, 0.29) is 23.6 Å². The molecule has 0 saturated carbocycles. The summed E-state index contributed by atoms with van der Waals surface area (Å²) >= 11 is 0. The number of nitro groups is 2. The lowest BCUT2D eigenvalue weighted by Gasteiger charge is -2.09. The Morgan fingerprint density at radius 1 is 1.21 bits per heavy atom. The minimum Gasteiger partial charge on any atom is -0.278 e. The van der Waals surface area contributed by atoms with Crippen molar-refractivity contribution < 1.29 is 9.85 Å². The molecule has 8 nitrogen and oxygen atoms in total. The SMILES string of the molecule is CC(C)N1C(C)N1c1ccc([N+](=O)[O-])cc1[N+](=O)[O-]. The standard InChI is InChI=1S/C11H14N4O4/c1-7(2)12-8(3)13(12)10-5-4-9(14(16)17)6-11(10)15(18)19/h4-8H,1-3H3. The van der Waals surface area contributed by atoms with Crippen molar-refractivity contribution in [3.63, 3.8) is 0 Å². The Morgan fingerprint density at radius 3 is 2.26 bits per heavy atom. The van der Waals surface area contributed by atoms with E-state index in [1.54, 1.807) is 5.01 Å². The second-order valence-electron chi connectivity index (χ2n) is 4.64. The van der Waals surface area contributed by atoms with E-state index < -0.39 is 9.85 Å². The maximum Gasteiger partial charge on any atom is 0.300 e. The summed E-state index contributed by atoms with van der Waals surface area (Å²) < 4.78 is 0. The van der Waals surface area contributed by atoms with E-state index in [2.05, 4.69) is 0 Å². The molecule has 0 aliphatic carbocycles. The topological polar surface area (TPSA) is 92.3 Å². The first-order chi connectivity index (χ1) is 8.84. The molecule has 2 rings (SSSR count). The Balaban J connectivity index is 2.42. The van der Waals surface area contributed by atoms with Crippen molar-refractivity contribution in [1.29, 1.82) is 0 Å². The number of nitrogens with zero attached hydrogens (tertiary/aromatic N) is 4. The van der Waals surface area contributed by atoms with Crippen LogP contribution in [0.25, 0.3) is 0 Å². The van der Waals surface area contributed by atoms with Gasteiger partial charge in [-0.15, -0.1) is 0 Å². The Morgan fingerprint density at radius 2 is 1.84 bits per heavy atom. The average Bonchev–Trinajstić information content (AvgIpc) is 2.99. The Labute approximate surface area is 109 Å². The van der Waals surface area contributed by atoms with E-state index in [0.717, 1.165) is 6.07 Å². The fourth-order valence-electron chi connectivity index (χ4n) is 2.25. The van der Waals surface area contributed by atoms with Gasteiger partial charge in [0.15, 0.2) is 0 Å². The monoisotopic (exact) mass is 266 g/mol. The summed E-state index contributed by atoms with van der Waals surface area (Å²) in [4.78, 5) is 20.5. The van der Waals surface area contributed by atoms with E-state index in [0.29, 0.717) is 5.69 Å². The van der Waals surface area contributed by atoms with Crippen LogP contribution in [0.3, 0.4) is 0 Å². The maximum absolute atomic E-state index is 11.0. The van der Waals surface area contributed by atoms with Crippen molar-refractivity contribution in [3.8, 4) is 0 Å². The van der Waals surface area contributed by atoms with Crippen LogP contribution in [0, 0.1) is 20.2 Å². The summed E-state index contributed by atoms with van der Waals surface area (Å²) in [7, 11) is 0. The van der Waals surface area contributed by atoms with Gasteiger partial charge in [-0.25, -0.2) is 0 Å². The van der Waals surface area contributed by atoms with E-state index in [1.165, 1.54) is 12.1 Å². The molecule has 102 valence electrons. The van der Waals surface area contributed by atoms with Crippen LogP contribution in [0.5, 0.6) is 0 Å². The van der Waals surface area contributed by atoms with Crippen molar-refractivity contribution in [2.45, 2.75) is 33.0 Å². The molecule has 0 N–H and O–H groups in total. The first-order valence-corrected chi connectivity index (χ1v) is 5.85. The first-order valence-electron chi connectivity index (χ1n) is 5.85. The van der Waals surface area contributed by atoms with Crippen LogP contribution in [0.4, 0.5) is 17.1 Å². The van der Waals surface area contributed by atoms with Crippen LogP contribution in [0.1, 0.15) is 20.8 Å². The fraction of sp³-hybridized carbons (Fsp3) is 0.455. The molecular formula is C11H14N4O4. The summed E-state index contributed by atoms with van der Waals surface area (Å²) in [5, 5.41) is 25.5. The van der Waals surface area contributed by atoms with E-state index in [9.17, 15) is 20.2 Å². The lowest BCUT2D eigenvalue weighted by molar-refractivity contribution is -0.393. The highest BCUT2D eigenvalue weighted by Gasteiger charge is 2.46. The number of rotatable bonds is 4. The summed E-state index contributed by atoms with van der Waals surface area (Å²) in [6.07, 6.45) is 0.0557. The zero-order valence-corrected chi connectivity index (χ0v) is 10.8. The molecule has 1 aromatic carbocycles. The highest BCUT2D eigenvalue weighted by molar-refractivity contribution is 5.68. The number of hydrogen-bond donors (Lipinski definition) is 0. The van der Waals surface area contributed by atoms with E-state index >= 15 is 0 Å². The van der Waals surface area contributed by atoms with Crippen molar-refractivity contribution in [1.82, 2.24) is 5.01 Å². The quantitative estimate of drug-likeness (QED) is 0.471. The molecule has 0 aromatic heterocycles. The molecule has 1 heterocycles. The van der Waals surface area contributed by atoms with Crippen molar-refractivity contribution in [2.24, 2.45) is 0 Å². The molecule has 0 amide bonds. The molecular weight excluding hydrogens is 252 g/mol. The molecule has 2 atom stereocenters.